The lowest BCUT2D eigenvalue weighted by atomic mass is 9.94. The Morgan fingerprint density at radius 3 is 2.72 bits per heavy atom. The van der Waals surface area contributed by atoms with Gasteiger partial charge in [0.05, 0.1) is 4.92 Å². The van der Waals surface area contributed by atoms with Crippen molar-refractivity contribution in [2.45, 2.75) is 37.8 Å². The minimum Gasteiger partial charge on any atom is -0.469 e. The smallest absolute Gasteiger partial charge is 0.332 e. The molecule has 2 N–H and O–H groups in total. The molecule has 0 unspecified atom stereocenters. The van der Waals surface area contributed by atoms with E-state index < -0.39 is 4.92 Å². The molecular formula is C11H14BrN3O3. The molecule has 0 spiro atoms. The first-order valence-electron chi connectivity index (χ1n) is 5.78. The van der Waals surface area contributed by atoms with Gasteiger partial charge in [-0.05, 0) is 41.6 Å². The molecule has 0 atom stereocenters. The van der Waals surface area contributed by atoms with Gasteiger partial charge in [-0.1, -0.05) is 0 Å². The van der Waals surface area contributed by atoms with Crippen molar-refractivity contribution in [2.24, 2.45) is 5.73 Å². The number of nitro groups is 1. The van der Waals surface area contributed by atoms with Crippen LogP contribution in [-0.2, 0) is 0 Å². The number of nitrogens with zero attached hydrogens (tertiary/aromatic N) is 2. The van der Waals surface area contributed by atoms with E-state index in [4.69, 9.17) is 10.5 Å². The SMILES string of the molecule is NC1CCC(Oc2ncc(Br)cc2[N+](=O)[O-])CC1. The zero-order chi connectivity index (χ0) is 13.1. The summed E-state index contributed by atoms with van der Waals surface area (Å²) < 4.78 is 6.18. The highest BCUT2D eigenvalue weighted by Gasteiger charge is 2.24. The predicted molar refractivity (Wildman–Crippen MR) is 69.5 cm³/mol. The van der Waals surface area contributed by atoms with E-state index in [1.807, 2.05) is 0 Å². The fraction of sp³-hybridized carbons (Fsp3) is 0.545. The molecule has 2 rings (SSSR count). The standard InChI is InChI=1S/C11H14BrN3O3/c12-7-5-10(15(16)17)11(14-6-7)18-9-3-1-8(13)2-4-9/h5-6,8-9H,1-4,13H2. The van der Waals surface area contributed by atoms with Crippen molar-refractivity contribution in [1.82, 2.24) is 4.98 Å². The molecule has 1 aromatic rings. The first-order chi connectivity index (χ1) is 8.56. The summed E-state index contributed by atoms with van der Waals surface area (Å²) in [6, 6.07) is 1.62. The Kier molecular flexibility index (Phi) is 4.13. The fourth-order valence-corrected chi connectivity index (χ4v) is 2.32. The normalized spacial score (nSPS) is 23.7. The molecule has 0 aliphatic heterocycles. The highest BCUT2D eigenvalue weighted by Crippen LogP contribution is 2.30. The molecule has 0 bridgehead atoms. The van der Waals surface area contributed by atoms with E-state index in [0.29, 0.717) is 4.47 Å². The van der Waals surface area contributed by atoms with Gasteiger partial charge < -0.3 is 10.5 Å². The zero-order valence-electron chi connectivity index (χ0n) is 9.71. The molecule has 1 fully saturated rings. The second kappa shape index (κ2) is 5.62. The average molecular weight is 316 g/mol. The van der Waals surface area contributed by atoms with Crippen LogP contribution in [0.1, 0.15) is 25.7 Å². The number of hydrogen-bond acceptors (Lipinski definition) is 5. The molecule has 1 aliphatic rings. The van der Waals surface area contributed by atoms with E-state index in [-0.39, 0.29) is 23.7 Å². The van der Waals surface area contributed by atoms with Crippen LogP contribution < -0.4 is 10.5 Å². The van der Waals surface area contributed by atoms with E-state index in [1.54, 1.807) is 0 Å². The van der Waals surface area contributed by atoms with Gasteiger partial charge in [0.1, 0.15) is 6.10 Å². The summed E-state index contributed by atoms with van der Waals surface area (Å²) >= 11 is 3.16. The first-order valence-corrected chi connectivity index (χ1v) is 6.57. The van der Waals surface area contributed by atoms with E-state index in [1.165, 1.54) is 12.3 Å². The minimum absolute atomic E-state index is 0.0304. The second-order valence-corrected chi connectivity index (χ2v) is 5.31. The van der Waals surface area contributed by atoms with Crippen molar-refractivity contribution in [3.8, 4) is 5.88 Å². The summed E-state index contributed by atoms with van der Waals surface area (Å²) in [6.07, 6.45) is 4.87. The lowest BCUT2D eigenvalue weighted by Crippen LogP contribution is -2.31. The van der Waals surface area contributed by atoms with Crippen LogP contribution in [0.5, 0.6) is 5.88 Å². The highest BCUT2D eigenvalue weighted by molar-refractivity contribution is 9.10. The Balaban J connectivity index is 2.11. The number of aromatic nitrogens is 1. The molecule has 1 aliphatic carbocycles. The number of nitrogens with two attached hydrogens (primary N) is 1. The van der Waals surface area contributed by atoms with Gasteiger partial charge in [-0.15, -0.1) is 0 Å². The third-order valence-corrected chi connectivity index (χ3v) is 3.43. The van der Waals surface area contributed by atoms with Crippen LogP contribution in [-0.4, -0.2) is 22.1 Å². The highest BCUT2D eigenvalue weighted by atomic mass is 79.9. The molecular weight excluding hydrogens is 302 g/mol. The number of ether oxygens (including phenoxy) is 1. The molecule has 98 valence electrons. The molecule has 0 aromatic carbocycles. The van der Waals surface area contributed by atoms with Gasteiger partial charge in [0, 0.05) is 22.8 Å². The van der Waals surface area contributed by atoms with Gasteiger partial charge in [-0.25, -0.2) is 4.98 Å². The average Bonchev–Trinajstić information content (AvgIpc) is 2.34. The second-order valence-electron chi connectivity index (χ2n) is 4.39. The van der Waals surface area contributed by atoms with Crippen LogP contribution in [0.15, 0.2) is 16.7 Å². The minimum atomic E-state index is -0.484. The maximum Gasteiger partial charge on any atom is 0.332 e. The lowest BCUT2D eigenvalue weighted by Gasteiger charge is -2.26. The van der Waals surface area contributed by atoms with Gasteiger partial charge in [0.15, 0.2) is 0 Å². The van der Waals surface area contributed by atoms with Crippen LogP contribution >= 0.6 is 15.9 Å². The Morgan fingerprint density at radius 2 is 2.11 bits per heavy atom. The Bertz CT molecular complexity index is 447. The number of halogens is 1. The summed E-state index contributed by atoms with van der Waals surface area (Å²) in [6.45, 7) is 0. The van der Waals surface area contributed by atoms with Crippen LogP contribution in [0.4, 0.5) is 5.69 Å². The molecule has 0 saturated heterocycles. The van der Waals surface area contributed by atoms with Gasteiger partial charge >= 0.3 is 5.69 Å². The van der Waals surface area contributed by atoms with Crippen molar-refractivity contribution in [1.29, 1.82) is 0 Å². The summed E-state index contributed by atoms with van der Waals surface area (Å²) in [4.78, 5) is 14.4. The van der Waals surface area contributed by atoms with Crippen LogP contribution in [0, 0.1) is 10.1 Å². The van der Waals surface area contributed by atoms with Crippen LogP contribution in [0.2, 0.25) is 0 Å². The predicted octanol–water partition coefficient (Wildman–Crippen LogP) is 2.40. The largest absolute Gasteiger partial charge is 0.469 e. The van der Waals surface area contributed by atoms with Gasteiger partial charge in [-0.2, -0.15) is 0 Å². The molecule has 18 heavy (non-hydrogen) atoms. The number of pyridine rings is 1. The molecule has 1 saturated carbocycles. The quantitative estimate of drug-likeness (QED) is 0.683. The van der Waals surface area contributed by atoms with Crippen molar-refractivity contribution >= 4 is 21.6 Å². The summed E-state index contributed by atoms with van der Waals surface area (Å²) in [7, 11) is 0. The maximum absolute atomic E-state index is 10.9. The zero-order valence-corrected chi connectivity index (χ0v) is 11.3. The molecule has 0 amide bonds. The van der Waals surface area contributed by atoms with Crippen molar-refractivity contribution in [3.05, 3.63) is 26.9 Å². The first kappa shape index (κ1) is 13.2. The fourth-order valence-electron chi connectivity index (χ4n) is 2.00. The summed E-state index contributed by atoms with van der Waals surface area (Å²) in [5, 5.41) is 10.9. The summed E-state index contributed by atoms with van der Waals surface area (Å²) in [5.74, 6) is 0.0867. The Hall–Kier alpha value is -1.21. The summed E-state index contributed by atoms with van der Waals surface area (Å²) in [5.41, 5.74) is 5.69. The van der Waals surface area contributed by atoms with E-state index in [2.05, 4.69) is 20.9 Å². The van der Waals surface area contributed by atoms with Crippen molar-refractivity contribution in [3.63, 3.8) is 0 Å². The van der Waals surface area contributed by atoms with Gasteiger partial charge in [0.25, 0.3) is 5.88 Å². The molecule has 6 nitrogen and oxygen atoms in total. The molecule has 1 heterocycles. The van der Waals surface area contributed by atoms with Crippen molar-refractivity contribution < 1.29 is 9.66 Å². The molecule has 1 aromatic heterocycles. The lowest BCUT2D eigenvalue weighted by molar-refractivity contribution is -0.386. The van der Waals surface area contributed by atoms with Gasteiger partial charge in [0.2, 0.25) is 0 Å². The van der Waals surface area contributed by atoms with E-state index in [0.717, 1.165) is 25.7 Å². The van der Waals surface area contributed by atoms with Crippen molar-refractivity contribution in [2.75, 3.05) is 0 Å². The molecule has 7 heteroatoms. The third kappa shape index (κ3) is 3.17. The topological polar surface area (TPSA) is 91.3 Å². The van der Waals surface area contributed by atoms with E-state index >= 15 is 0 Å². The van der Waals surface area contributed by atoms with Gasteiger partial charge in [-0.3, -0.25) is 10.1 Å². The monoisotopic (exact) mass is 315 g/mol. The molecule has 0 radical (unpaired) electrons. The van der Waals surface area contributed by atoms with Crippen LogP contribution in [0.25, 0.3) is 0 Å². The number of rotatable bonds is 3. The maximum atomic E-state index is 10.9. The van der Waals surface area contributed by atoms with E-state index in [9.17, 15) is 10.1 Å². The van der Waals surface area contributed by atoms with Crippen LogP contribution in [0.3, 0.4) is 0 Å². The Morgan fingerprint density at radius 1 is 1.44 bits per heavy atom. The number of hydrogen-bond donors (Lipinski definition) is 1. The Labute approximate surface area is 113 Å². The third-order valence-electron chi connectivity index (χ3n) is 2.99.